The van der Waals surface area contributed by atoms with Crippen molar-refractivity contribution in [2.75, 3.05) is 0 Å². The number of aryl methyl sites for hydroxylation is 1. The van der Waals surface area contributed by atoms with Gasteiger partial charge in [0.05, 0.1) is 21.5 Å². The predicted molar refractivity (Wildman–Crippen MR) is 85.9 cm³/mol. The molecule has 3 rings (SSSR count). The van der Waals surface area contributed by atoms with E-state index >= 15 is 0 Å². The first-order valence-electron chi connectivity index (χ1n) is 6.95. The number of aromatic nitrogens is 1. The summed E-state index contributed by atoms with van der Waals surface area (Å²) in [4.78, 5) is 0.971. The molecule has 3 aromatic rings. The van der Waals surface area contributed by atoms with Gasteiger partial charge >= 0.3 is 0 Å². The molecule has 22 heavy (non-hydrogen) atoms. The average molecular weight is 307 g/mol. The Morgan fingerprint density at radius 1 is 1.23 bits per heavy atom. The van der Waals surface area contributed by atoms with Crippen molar-refractivity contribution < 1.29 is 5.21 Å². The number of benzene rings is 1. The van der Waals surface area contributed by atoms with Crippen molar-refractivity contribution in [1.82, 2.24) is 4.73 Å². The van der Waals surface area contributed by atoms with Crippen LogP contribution in [-0.4, -0.2) is 9.94 Å². The van der Waals surface area contributed by atoms with Gasteiger partial charge in [0.15, 0.2) is 0 Å². The summed E-state index contributed by atoms with van der Waals surface area (Å²) in [6.07, 6.45) is 1.73. The first-order chi connectivity index (χ1) is 10.7. The molecule has 2 aromatic heterocycles. The first-order valence-corrected chi connectivity index (χ1v) is 7.83. The molecule has 0 radical (unpaired) electrons. The fourth-order valence-corrected chi connectivity index (χ4v) is 3.52. The summed E-state index contributed by atoms with van der Waals surface area (Å²) in [6.45, 7) is 2.08. The number of rotatable bonds is 3. The molecule has 108 valence electrons. The number of hydrogen-bond donors (Lipinski definition) is 1. The number of thiophene rings is 1. The van der Waals surface area contributed by atoms with Gasteiger partial charge in [0.2, 0.25) is 0 Å². The van der Waals surface area contributed by atoms with Crippen molar-refractivity contribution in [3.05, 3.63) is 46.3 Å². The van der Waals surface area contributed by atoms with Crippen LogP contribution in [0.1, 0.15) is 30.0 Å². The molecule has 0 atom stereocenters. The van der Waals surface area contributed by atoms with Gasteiger partial charge in [-0.15, -0.1) is 11.3 Å². The highest BCUT2D eigenvalue weighted by atomic mass is 32.1. The summed E-state index contributed by atoms with van der Waals surface area (Å²) in [6, 6.07) is 11.3. The molecular weight excluding hydrogens is 294 g/mol. The van der Waals surface area contributed by atoms with Crippen molar-refractivity contribution in [1.29, 1.82) is 10.5 Å². The molecule has 0 saturated carbocycles. The van der Waals surface area contributed by atoms with E-state index in [1.807, 2.05) is 23.6 Å². The van der Waals surface area contributed by atoms with E-state index in [1.54, 1.807) is 23.5 Å². The lowest BCUT2D eigenvalue weighted by Gasteiger charge is -2.03. The highest BCUT2D eigenvalue weighted by molar-refractivity contribution is 7.13. The summed E-state index contributed by atoms with van der Waals surface area (Å²) in [7, 11) is 0. The molecule has 0 aliphatic carbocycles. The minimum absolute atomic E-state index is 0.281. The zero-order chi connectivity index (χ0) is 15.7. The zero-order valence-electron chi connectivity index (χ0n) is 12.0. The van der Waals surface area contributed by atoms with Crippen molar-refractivity contribution in [3.63, 3.8) is 0 Å². The Morgan fingerprint density at radius 3 is 2.55 bits per heavy atom. The third kappa shape index (κ3) is 2.04. The summed E-state index contributed by atoms with van der Waals surface area (Å²) in [5.41, 5.74) is 2.97. The number of nitriles is 2. The fraction of sp³-hybridized carbons (Fsp3) is 0.176. The van der Waals surface area contributed by atoms with Crippen molar-refractivity contribution >= 4 is 22.2 Å². The molecule has 0 aliphatic heterocycles. The Hall–Kier alpha value is -2.76. The molecule has 4 nitrogen and oxygen atoms in total. The van der Waals surface area contributed by atoms with Crippen LogP contribution in [0.3, 0.4) is 0 Å². The molecule has 5 heteroatoms. The Bertz CT molecular complexity index is 924. The monoisotopic (exact) mass is 307 g/mol. The van der Waals surface area contributed by atoms with Gasteiger partial charge in [-0.3, -0.25) is 0 Å². The molecule has 0 fully saturated rings. The van der Waals surface area contributed by atoms with Crippen LogP contribution in [0.15, 0.2) is 29.6 Å². The van der Waals surface area contributed by atoms with Gasteiger partial charge in [-0.05, 0) is 35.6 Å². The molecule has 2 heterocycles. The molecule has 0 amide bonds. The topological polar surface area (TPSA) is 72.7 Å². The van der Waals surface area contributed by atoms with Crippen molar-refractivity contribution in [2.45, 2.75) is 19.8 Å². The van der Waals surface area contributed by atoms with Crippen LogP contribution in [0, 0.1) is 22.7 Å². The Balaban J connectivity index is 2.42. The van der Waals surface area contributed by atoms with Crippen LogP contribution in [0.4, 0.5) is 0 Å². The molecule has 0 aliphatic rings. The van der Waals surface area contributed by atoms with Crippen LogP contribution in [0.5, 0.6) is 0 Å². The highest BCUT2D eigenvalue weighted by Crippen LogP contribution is 2.37. The number of nitrogens with zero attached hydrogens (tertiary/aromatic N) is 3. The second-order valence-corrected chi connectivity index (χ2v) is 5.95. The summed E-state index contributed by atoms with van der Waals surface area (Å²) < 4.78 is 1.15. The zero-order valence-corrected chi connectivity index (χ0v) is 12.8. The quantitative estimate of drug-likeness (QED) is 0.733. The third-order valence-corrected chi connectivity index (χ3v) is 4.56. The maximum absolute atomic E-state index is 10.6. The lowest BCUT2D eigenvalue weighted by atomic mass is 10.0. The van der Waals surface area contributed by atoms with E-state index in [0.29, 0.717) is 11.1 Å². The lowest BCUT2D eigenvalue weighted by Crippen LogP contribution is -1.94. The Labute approximate surface area is 132 Å². The number of hydrogen-bond acceptors (Lipinski definition) is 4. The molecule has 1 N–H and O–H groups in total. The van der Waals surface area contributed by atoms with E-state index in [2.05, 4.69) is 13.0 Å². The predicted octanol–water partition coefficient (Wildman–Crippen LogP) is 4.30. The minimum atomic E-state index is 0.281. The standard InChI is InChI=1S/C17H13N3OS/c1-2-4-13-14-7-11(9-18)12(10-19)8-15(14)20(21)17(13)16-5-3-6-22-16/h3,5-8,21H,2,4H2,1H3. The van der Waals surface area contributed by atoms with E-state index in [1.165, 1.54) is 0 Å². The van der Waals surface area contributed by atoms with Gasteiger partial charge in [0.25, 0.3) is 0 Å². The van der Waals surface area contributed by atoms with Crippen molar-refractivity contribution in [2.24, 2.45) is 0 Å². The van der Waals surface area contributed by atoms with Crippen LogP contribution in [-0.2, 0) is 6.42 Å². The van der Waals surface area contributed by atoms with E-state index in [9.17, 15) is 15.7 Å². The molecule has 0 saturated heterocycles. The lowest BCUT2D eigenvalue weighted by molar-refractivity contribution is 0.204. The summed E-state index contributed by atoms with van der Waals surface area (Å²) in [5.74, 6) is 0. The molecular formula is C17H13N3OS. The van der Waals surface area contributed by atoms with Gasteiger partial charge < -0.3 is 5.21 Å². The third-order valence-electron chi connectivity index (χ3n) is 3.68. The Morgan fingerprint density at radius 2 is 1.95 bits per heavy atom. The second-order valence-electron chi connectivity index (χ2n) is 5.00. The van der Waals surface area contributed by atoms with Gasteiger partial charge in [-0.2, -0.15) is 15.3 Å². The van der Waals surface area contributed by atoms with E-state index in [4.69, 9.17) is 0 Å². The van der Waals surface area contributed by atoms with Gasteiger partial charge in [0.1, 0.15) is 17.8 Å². The molecule has 0 unspecified atom stereocenters. The van der Waals surface area contributed by atoms with Crippen LogP contribution in [0.2, 0.25) is 0 Å². The maximum Gasteiger partial charge on any atom is 0.101 e. The first kappa shape index (κ1) is 14.2. The van der Waals surface area contributed by atoms with Gasteiger partial charge in [-0.1, -0.05) is 19.4 Å². The van der Waals surface area contributed by atoms with Crippen LogP contribution < -0.4 is 0 Å². The fourth-order valence-electron chi connectivity index (χ4n) is 2.74. The SMILES string of the molecule is CCCc1c(-c2cccs2)n(O)c2cc(C#N)c(C#N)cc12. The van der Waals surface area contributed by atoms with Gasteiger partial charge in [-0.25, -0.2) is 0 Å². The van der Waals surface area contributed by atoms with Crippen molar-refractivity contribution in [3.8, 4) is 22.7 Å². The summed E-state index contributed by atoms with van der Waals surface area (Å²) in [5, 5.41) is 31.8. The molecule has 0 spiro atoms. The smallest absolute Gasteiger partial charge is 0.101 e. The Kier molecular flexibility index (Phi) is 3.58. The van der Waals surface area contributed by atoms with E-state index < -0.39 is 0 Å². The minimum Gasteiger partial charge on any atom is -0.428 e. The van der Waals surface area contributed by atoms with E-state index in [-0.39, 0.29) is 5.56 Å². The van der Waals surface area contributed by atoms with Crippen LogP contribution >= 0.6 is 11.3 Å². The average Bonchev–Trinajstić information content (AvgIpc) is 3.14. The molecule has 0 bridgehead atoms. The number of fused-ring (bicyclic) bond motifs is 1. The highest BCUT2D eigenvalue weighted by Gasteiger charge is 2.20. The van der Waals surface area contributed by atoms with E-state index in [0.717, 1.165) is 39.1 Å². The maximum atomic E-state index is 10.6. The van der Waals surface area contributed by atoms with Gasteiger partial charge in [0, 0.05) is 5.39 Å². The normalized spacial score (nSPS) is 10.5. The van der Waals surface area contributed by atoms with Crippen LogP contribution in [0.25, 0.3) is 21.5 Å². The molecule has 1 aromatic carbocycles. The summed E-state index contributed by atoms with van der Waals surface area (Å²) >= 11 is 1.55. The second kappa shape index (κ2) is 5.55. The largest absolute Gasteiger partial charge is 0.428 e.